The van der Waals surface area contributed by atoms with Gasteiger partial charge in [-0.15, -0.1) is 0 Å². The number of benzene rings is 3. The fraction of sp³-hybridized carbons (Fsp3) is 0.429. The Morgan fingerprint density at radius 3 is 1.98 bits per heavy atom. The second-order valence-corrected chi connectivity index (χ2v) is 16.8. The van der Waals surface area contributed by atoms with E-state index >= 15 is 0 Å². The molecule has 4 heterocycles. The molecule has 57 heavy (non-hydrogen) atoms. The van der Waals surface area contributed by atoms with E-state index in [1.807, 2.05) is 6.07 Å². The first-order valence-electron chi connectivity index (χ1n) is 18.7. The van der Waals surface area contributed by atoms with Crippen molar-refractivity contribution in [2.24, 2.45) is 0 Å². The van der Waals surface area contributed by atoms with Crippen molar-refractivity contribution in [2.75, 3.05) is 18.4 Å². The zero-order valence-electron chi connectivity index (χ0n) is 32.4. The van der Waals surface area contributed by atoms with Gasteiger partial charge in [0.25, 0.3) is 0 Å². The second-order valence-electron chi connectivity index (χ2n) is 16.8. The van der Waals surface area contributed by atoms with Crippen LogP contribution < -0.4 is 10.1 Å². The predicted octanol–water partition coefficient (Wildman–Crippen LogP) is 8.27. The average Bonchev–Trinajstić information content (AvgIpc) is 3.80. The summed E-state index contributed by atoms with van der Waals surface area (Å²) in [5, 5.41) is 3.41. The quantitative estimate of drug-likeness (QED) is 0.195. The fourth-order valence-corrected chi connectivity index (χ4v) is 7.59. The predicted molar refractivity (Wildman–Crippen MR) is 202 cm³/mol. The number of carbonyl (C=O) groups is 4. The molecule has 0 spiro atoms. The number of hydrogen-bond acceptors (Lipinski definition) is 7. The van der Waals surface area contributed by atoms with Crippen molar-refractivity contribution in [1.29, 1.82) is 0 Å². The molecule has 4 aromatic rings. The maximum atomic E-state index is 14.6. The number of fused-ring (bicyclic) bond motifs is 5. The molecular formula is C42H44F4N4O7. The Hall–Kier alpha value is -5.60. The van der Waals surface area contributed by atoms with E-state index in [-0.39, 0.29) is 55.1 Å². The molecule has 15 heteroatoms. The molecule has 3 aliphatic heterocycles. The molecular weight excluding hydrogens is 748 g/mol. The largest absolute Gasteiger partial charge is 0.465 e. The van der Waals surface area contributed by atoms with E-state index in [0.29, 0.717) is 27.7 Å². The van der Waals surface area contributed by atoms with Crippen LogP contribution in [-0.4, -0.2) is 87.0 Å². The van der Waals surface area contributed by atoms with Gasteiger partial charge >= 0.3 is 12.2 Å². The zero-order valence-corrected chi connectivity index (χ0v) is 32.4. The number of anilines is 1. The van der Waals surface area contributed by atoms with Gasteiger partial charge < -0.3 is 24.1 Å². The molecule has 3 aliphatic rings. The molecule has 0 aliphatic carbocycles. The SMILES string of the molecule is CC(C)(C)OC(=O)N1C[C@@H](F)C[C@H]1C(=O)Cc1ccc2c(c1)cc1n2C(c2cc(F)cc(F)c2)Oc2cc(NC(=O)[C@@H]3C[C@@H](F)CN3C(=O)OC(C)(C)C)ccc2-1. The fourth-order valence-electron chi connectivity index (χ4n) is 7.59. The van der Waals surface area contributed by atoms with Gasteiger partial charge in [-0.1, -0.05) is 6.07 Å². The maximum Gasteiger partial charge on any atom is 0.411 e. The van der Waals surface area contributed by atoms with Gasteiger partial charge in [0.05, 0.1) is 30.3 Å². The minimum atomic E-state index is -1.43. The molecule has 1 aromatic heterocycles. The van der Waals surface area contributed by atoms with Gasteiger partial charge in [0.15, 0.2) is 5.78 Å². The van der Waals surface area contributed by atoms with Crippen LogP contribution in [0.4, 0.5) is 32.8 Å². The summed E-state index contributed by atoms with van der Waals surface area (Å²) in [4.78, 5) is 54.9. The molecule has 1 N–H and O–H groups in total. The summed E-state index contributed by atoms with van der Waals surface area (Å²) in [5.74, 6) is -2.37. The molecule has 3 amide bonds. The van der Waals surface area contributed by atoms with Crippen LogP contribution in [0.25, 0.3) is 22.2 Å². The van der Waals surface area contributed by atoms with Gasteiger partial charge in [-0.2, -0.15) is 0 Å². The van der Waals surface area contributed by atoms with Gasteiger partial charge in [0.2, 0.25) is 12.1 Å². The third-order valence-electron chi connectivity index (χ3n) is 9.88. The molecule has 0 saturated carbocycles. The molecule has 302 valence electrons. The Balaban J connectivity index is 1.19. The van der Waals surface area contributed by atoms with Crippen molar-refractivity contribution in [3.63, 3.8) is 0 Å². The molecule has 5 atom stereocenters. The molecule has 2 fully saturated rings. The minimum Gasteiger partial charge on any atom is -0.465 e. The van der Waals surface area contributed by atoms with Crippen LogP contribution in [-0.2, 0) is 25.5 Å². The van der Waals surface area contributed by atoms with E-state index in [9.17, 15) is 36.7 Å². The lowest BCUT2D eigenvalue weighted by atomic mass is 10.0. The molecule has 2 saturated heterocycles. The van der Waals surface area contributed by atoms with Crippen LogP contribution >= 0.6 is 0 Å². The number of alkyl halides is 2. The lowest BCUT2D eigenvalue weighted by Crippen LogP contribution is -2.45. The van der Waals surface area contributed by atoms with Crippen LogP contribution in [0.1, 0.15) is 71.7 Å². The molecule has 7 rings (SSSR count). The van der Waals surface area contributed by atoms with E-state index in [2.05, 4.69) is 5.32 Å². The molecule has 0 radical (unpaired) electrons. The van der Waals surface area contributed by atoms with Crippen molar-refractivity contribution < 1.29 is 51.0 Å². The van der Waals surface area contributed by atoms with Crippen molar-refractivity contribution in [2.45, 2.75) is 103 Å². The number of nitrogens with zero attached hydrogens (tertiary/aromatic N) is 3. The van der Waals surface area contributed by atoms with Gasteiger partial charge in [0, 0.05) is 53.6 Å². The smallest absolute Gasteiger partial charge is 0.411 e. The van der Waals surface area contributed by atoms with Gasteiger partial charge in [-0.25, -0.2) is 27.2 Å². The van der Waals surface area contributed by atoms with E-state index in [1.165, 1.54) is 6.07 Å². The van der Waals surface area contributed by atoms with Crippen LogP contribution in [0.2, 0.25) is 0 Å². The summed E-state index contributed by atoms with van der Waals surface area (Å²) in [5.41, 5.74) is 1.12. The number of amides is 3. The number of halogens is 4. The van der Waals surface area contributed by atoms with Gasteiger partial charge in [-0.05, 0) is 89.6 Å². The Bertz CT molecular complexity index is 2240. The first kappa shape index (κ1) is 39.6. The second kappa shape index (κ2) is 14.7. The molecule has 11 nitrogen and oxygen atoms in total. The topological polar surface area (TPSA) is 119 Å². The third-order valence-corrected chi connectivity index (χ3v) is 9.88. The number of likely N-dealkylation sites (tertiary alicyclic amines) is 2. The van der Waals surface area contributed by atoms with Crippen LogP contribution in [0.15, 0.2) is 60.7 Å². The van der Waals surface area contributed by atoms with E-state index < -0.39 is 71.6 Å². The van der Waals surface area contributed by atoms with Crippen LogP contribution in [0.3, 0.4) is 0 Å². The number of ether oxygens (including phenoxy) is 3. The average molecular weight is 793 g/mol. The number of hydrogen-bond donors (Lipinski definition) is 1. The zero-order chi connectivity index (χ0) is 41.1. The summed E-state index contributed by atoms with van der Waals surface area (Å²) in [6, 6.07) is 12.9. The number of ketones is 1. The minimum absolute atomic E-state index is 0.0999. The number of Topliss-reactive ketones (excluding diaryl/α,β-unsaturated/α-hetero) is 1. The number of aromatic nitrogens is 1. The highest BCUT2D eigenvalue weighted by Gasteiger charge is 2.43. The number of nitrogens with one attached hydrogen (secondary N) is 1. The lowest BCUT2D eigenvalue weighted by Gasteiger charge is -2.31. The maximum absolute atomic E-state index is 14.6. The van der Waals surface area contributed by atoms with E-state index in [1.54, 1.807) is 76.4 Å². The number of carbonyl (C=O) groups excluding carboxylic acids is 4. The summed E-state index contributed by atoms with van der Waals surface area (Å²) < 4.78 is 77.4. The summed E-state index contributed by atoms with van der Waals surface area (Å²) >= 11 is 0. The van der Waals surface area contributed by atoms with Crippen LogP contribution in [0.5, 0.6) is 5.75 Å². The standard InChI is InChI=1S/C42H44F4N4O7/c1-41(2,3)56-39(53)48-20-27(45)17-33(48)35(51)12-22-7-10-31-23(11-22)15-32-30-9-8-29(19-36(30)55-38(50(31)32)24-13-25(43)16-26(44)14-24)47-37(52)34-18-28(46)21-49(34)40(54)57-42(4,5)6/h7-11,13-16,19,27-28,33-34,38H,12,17-18,20-21H2,1-6H3,(H,47,52)/t27-,28+,33-,34-,38?/m0/s1. The highest BCUT2D eigenvalue weighted by molar-refractivity contribution is 5.98. The van der Waals surface area contributed by atoms with E-state index in [0.717, 1.165) is 28.0 Å². The Morgan fingerprint density at radius 1 is 0.772 bits per heavy atom. The third kappa shape index (κ3) is 8.42. The Labute approximate surface area is 326 Å². The van der Waals surface area contributed by atoms with Crippen molar-refractivity contribution in [3.8, 4) is 17.0 Å². The first-order valence-corrected chi connectivity index (χ1v) is 18.7. The normalized spacial score (nSPS) is 21.8. The highest BCUT2D eigenvalue weighted by Crippen LogP contribution is 2.45. The van der Waals surface area contributed by atoms with Crippen molar-refractivity contribution in [3.05, 3.63) is 83.4 Å². The Kier molecular flexibility index (Phi) is 10.2. The summed E-state index contributed by atoms with van der Waals surface area (Å²) in [7, 11) is 0. The molecule has 3 aromatic carbocycles. The highest BCUT2D eigenvalue weighted by atomic mass is 19.1. The molecule has 0 bridgehead atoms. The molecule has 1 unspecified atom stereocenters. The van der Waals surface area contributed by atoms with Crippen molar-refractivity contribution >= 4 is 40.5 Å². The lowest BCUT2D eigenvalue weighted by molar-refractivity contribution is -0.122. The van der Waals surface area contributed by atoms with Crippen molar-refractivity contribution in [1.82, 2.24) is 14.4 Å². The van der Waals surface area contributed by atoms with E-state index in [4.69, 9.17) is 14.2 Å². The van der Waals surface area contributed by atoms with Crippen LogP contribution in [0, 0.1) is 11.6 Å². The Morgan fingerprint density at radius 2 is 1.37 bits per heavy atom. The van der Waals surface area contributed by atoms with Gasteiger partial charge in [0.1, 0.15) is 47.0 Å². The summed E-state index contributed by atoms with van der Waals surface area (Å²) in [6.45, 7) is 9.54. The monoisotopic (exact) mass is 792 g/mol. The van der Waals surface area contributed by atoms with Gasteiger partial charge in [-0.3, -0.25) is 19.4 Å². The summed E-state index contributed by atoms with van der Waals surface area (Å²) in [6.07, 6.45) is -5.90. The number of rotatable bonds is 6. The first-order chi connectivity index (χ1) is 26.7.